The summed E-state index contributed by atoms with van der Waals surface area (Å²) < 4.78 is 45.0. The maximum atomic E-state index is 13.3. The van der Waals surface area contributed by atoms with Crippen LogP contribution in [0.1, 0.15) is 30.6 Å². The Bertz CT molecular complexity index is 784. The smallest absolute Gasteiger partial charge is 0.475 e. The summed E-state index contributed by atoms with van der Waals surface area (Å²) in [5.74, 6) is -3.52. The number of carboxylic acids is 1. The molecule has 0 radical (unpaired) electrons. The predicted molar refractivity (Wildman–Crippen MR) is 105 cm³/mol. The Labute approximate surface area is 181 Å². The Hall–Kier alpha value is -2.40. The summed E-state index contributed by atoms with van der Waals surface area (Å²) in [6.45, 7) is 7.09. The zero-order valence-electron chi connectivity index (χ0n) is 17.0. The van der Waals surface area contributed by atoms with E-state index >= 15 is 0 Å². The number of alkyl halides is 3. The minimum Gasteiger partial charge on any atom is -0.475 e. The number of amides is 2. The monoisotopic (exact) mass is 469 g/mol. The van der Waals surface area contributed by atoms with E-state index in [-0.39, 0.29) is 29.3 Å². The van der Waals surface area contributed by atoms with Crippen molar-refractivity contribution in [1.29, 1.82) is 0 Å². The fourth-order valence-corrected chi connectivity index (χ4v) is 2.86. The lowest BCUT2D eigenvalue weighted by Gasteiger charge is -2.30. The molecule has 1 saturated heterocycles. The van der Waals surface area contributed by atoms with Crippen molar-refractivity contribution in [3.63, 3.8) is 0 Å². The van der Waals surface area contributed by atoms with Crippen LogP contribution in [0.2, 0.25) is 5.02 Å². The number of benzene rings is 1. The number of carbonyl (C=O) groups excluding carboxylic acids is 2. The molecular formula is C19H24ClF4N3O4. The lowest BCUT2D eigenvalue weighted by atomic mass is 10.1. The van der Waals surface area contributed by atoms with Crippen molar-refractivity contribution in [2.45, 2.75) is 32.5 Å². The maximum Gasteiger partial charge on any atom is 0.490 e. The molecule has 12 heteroatoms. The molecule has 0 saturated carbocycles. The van der Waals surface area contributed by atoms with Crippen molar-refractivity contribution >= 4 is 29.4 Å². The third-order valence-electron chi connectivity index (χ3n) is 4.33. The molecule has 2 rings (SSSR count). The zero-order valence-corrected chi connectivity index (χ0v) is 17.8. The van der Waals surface area contributed by atoms with E-state index in [2.05, 4.69) is 5.32 Å². The molecule has 1 aromatic carbocycles. The van der Waals surface area contributed by atoms with Crippen molar-refractivity contribution in [2.75, 3.05) is 32.7 Å². The van der Waals surface area contributed by atoms with Gasteiger partial charge in [0, 0.05) is 50.7 Å². The van der Waals surface area contributed by atoms with Crippen molar-refractivity contribution < 1.29 is 37.1 Å². The number of piperazine rings is 1. The second kappa shape index (κ2) is 11.8. The normalized spacial score (nSPS) is 14.0. The number of hydrogen-bond donors (Lipinski definition) is 2. The summed E-state index contributed by atoms with van der Waals surface area (Å²) in [6, 6.07) is 3.85. The van der Waals surface area contributed by atoms with E-state index in [0.29, 0.717) is 25.2 Å². The van der Waals surface area contributed by atoms with Gasteiger partial charge < -0.3 is 20.2 Å². The number of halogens is 5. The van der Waals surface area contributed by atoms with Crippen LogP contribution in [0.4, 0.5) is 17.6 Å². The fourth-order valence-electron chi connectivity index (χ4n) is 2.68. The van der Waals surface area contributed by atoms with Gasteiger partial charge in [-0.25, -0.2) is 9.18 Å². The zero-order chi connectivity index (χ0) is 23.8. The standard InChI is InChI=1S/C17H23ClFN3O2.C2HF3O2/c1-12(2)22(8-5-16(23)21-9-6-20-7-10-21)17(24)13-3-4-15(19)14(18)11-13;3-2(4,5)1(6)7/h3-4,11-12,20H,5-10H2,1-2H3;(H,6,7). The van der Waals surface area contributed by atoms with Gasteiger partial charge in [0.25, 0.3) is 5.91 Å². The largest absolute Gasteiger partial charge is 0.490 e. The van der Waals surface area contributed by atoms with Gasteiger partial charge >= 0.3 is 12.1 Å². The highest BCUT2D eigenvalue weighted by Crippen LogP contribution is 2.18. The van der Waals surface area contributed by atoms with Gasteiger partial charge in [-0.15, -0.1) is 0 Å². The van der Waals surface area contributed by atoms with E-state index in [1.807, 2.05) is 18.7 Å². The molecule has 2 amide bonds. The second-order valence-electron chi connectivity index (χ2n) is 6.90. The van der Waals surface area contributed by atoms with Gasteiger partial charge in [-0.05, 0) is 32.0 Å². The predicted octanol–water partition coefficient (Wildman–Crippen LogP) is 2.78. The number of carboxylic acid groups (broad SMARTS) is 1. The summed E-state index contributed by atoms with van der Waals surface area (Å²) in [6.07, 6.45) is -4.81. The number of nitrogens with one attached hydrogen (secondary N) is 1. The molecule has 0 aliphatic carbocycles. The topological polar surface area (TPSA) is 90.0 Å². The minimum atomic E-state index is -5.08. The first-order valence-corrected chi connectivity index (χ1v) is 9.77. The molecule has 174 valence electrons. The van der Waals surface area contributed by atoms with Crippen LogP contribution in [0, 0.1) is 5.82 Å². The third kappa shape index (κ3) is 8.70. The summed E-state index contributed by atoms with van der Waals surface area (Å²) in [5, 5.41) is 10.2. The highest BCUT2D eigenvalue weighted by molar-refractivity contribution is 6.31. The minimum absolute atomic E-state index is 0.0482. The van der Waals surface area contributed by atoms with Gasteiger partial charge in [0.2, 0.25) is 5.91 Å². The van der Waals surface area contributed by atoms with E-state index in [1.165, 1.54) is 18.2 Å². The van der Waals surface area contributed by atoms with E-state index in [9.17, 15) is 27.2 Å². The molecule has 7 nitrogen and oxygen atoms in total. The molecule has 1 aromatic rings. The second-order valence-corrected chi connectivity index (χ2v) is 7.31. The average molecular weight is 470 g/mol. The number of hydrogen-bond acceptors (Lipinski definition) is 4. The van der Waals surface area contributed by atoms with Crippen LogP contribution in [0.15, 0.2) is 18.2 Å². The molecule has 1 aliphatic heterocycles. The van der Waals surface area contributed by atoms with Crippen LogP contribution < -0.4 is 5.32 Å². The van der Waals surface area contributed by atoms with E-state index in [0.717, 1.165) is 13.1 Å². The Kier molecular flexibility index (Phi) is 10.2. The van der Waals surface area contributed by atoms with Crippen molar-refractivity contribution in [3.8, 4) is 0 Å². The first-order chi connectivity index (χ1) is 14.3. The third-order valence-corrected chi connectivity index (χ3v) is 4.62. The van der Waals surface area contributed by atoms with Crippen LogP contribution >= 0.6 is 11.6 Å². The summed E-state index contributed by atoms with van der Waals surface area (Å²) >= 11 is 5.76. The molecule has 1 fully saturated rings. The fraction of sp³-hybridized carbons (Fsp3) is 0.526. The van der Waals surface area contributed by atoms with Crippen molar-refractivity contribution in [3.05, 3.63) is 34.6 Å². The Morgan fingerprint density at radius 1 is 1.23 bits per heavy atom. The van der Waals surface area contributed by atoms with E-state index < -0.39 is 18.0 Å². The van der Waals surface area contributed by atoms with Crippen molar-refractivity contribution in [1.82, 2.24) is 15.1 Å². The lowest BCUT2D eigenvalue weighted by Crippen LogP contribution is -2.47. The van der Waals surface area contributed by atoms with Gasteiger partial charge in [-0.1, -0.05) is 11.6 Å². The van der Waals surface area contributed by atoms with Crippen LogP contribution in [0.25, 0.3) is 0 Å². The van der Waals surface area contributed by atoms with Crippen LogP contribution in [0.5, 0.6) is 0 Å². The van der Waals surface area contributed by atoms with Crippen LogP contribution in [-0.4, -0.2) is 77.6 Å². The molecule has 1 heterocycles. The van der Waals surface area contributed by atoms with Gasteiger partial charge in [0.15, 0.2) is 0 Å². The Balaban J connectivity index is 0.000000592. The molecule has 31 heavy (non-hydrogen) atoms. The average Bonchev–Trinajstić information content (AvgIpc) is 2.70. The van der Waals surface area contributed by atoms with Gasteiger partial charge in [0.05, 0.1) is 5.02 Å². The first kappa shape index (κ1) is 26.6. The summed E-state index contributed by atoms with van der Waals surface area (Å²) in [4.78, 5) is 37.2. The number of aliphatic carboxylic acids is 1. The van der Waals surface area contributed by atoms with E-state index in [4.69, 9.17) is 21.5 Å². The Morgan fingerprint density at radius 3 is 2.23 bits per heavy atom. The molecule has 0 unspecified atom stereocenters. The number of nitrogens with zero attached hydrogens (tertiary/aromatic N) is 2. The highest BCUT2D eigenvalue weighted by Gasteiger charge is 2.38. The molecule has 0 bridgehead atoms. The number of rotatable bonds is 5. The first-order valence-electron chi connectivity index (χ1n) is 9.39. The highest BCUT2D eigenvalue weighted by atomic mass is 35.5. The SMILES string of the molecule is CC(C)N(CCC(=O)N1CCNCC1)C(=O)c1ccc(F)c(Cl)c1.O=C(O)C(F)(F)F. The maximum absolute atomic E-state index is 13.3. The lowest BCUT2D eigenvalue weighted by molar-refractivity contribution is -0.192. The van der Waals surface area contributed by atoms with Crippen molar-refractivity contribution in [2.24, 2.45) is 0 Å². The van der Waals surface area contributed by atoms with Crippen LogP contribution in [-0.2, 0) is 9.59 Å². The number of carbonyl (C=O) groups is 3. The molecular weight excluding hydrogens is 446 g/mol. The molecule has 0 aromatic heterocycles. The summed E-state index contributed by atoms with van der Waals surface area (Å²) in [5.41, 5.74) is 0.324. The van der Waals surface area contributed by atoms with E-state index in [1.54, 1.807) is 4.90 Å². The Morgan fingerprint density at radius 2 is 1.77 bits per heavy atom. The molecule has 0 spiro atoms. The quantitative estimate of drug-likeness (QED) is 0.647. The van der Waals surface area contributed by atoms with Gasteiger partial charge in [0.1, 0.15) is 5.82 Å². The molecule has 2 N–H and O–H groups in total. The van der Waals surface area contributed by atoms with Gasteiger partial charge in [-0.3, -0.25) is 9.59 Å². The van der Waals surface area contributed by atoms with Crippen LogP contribution in [0.3, 0.4) is 0 Å². The molecule has 1 aliphatic rings. The van der Waals surface area contributed by atoms with Gasteiger partial charge in [-0.2, -0.15) is 13.2 Å². The summed E-state index contributed by atoms with van der Waals surface area (Å²) in [7, 11) is 0. The molecule has 0 atom stereocenters.